The summed E-state index contributed by atoms with van der Waals surface area (Å²) in [5.41, 5.74) is 0. The molecule has 2 nitrogen and oxygen atoms in total. The van der Waals surface area contributed by atoms with Gasteiger partial charge in [-0.1, -0.05) is 0 Å². The summed E-state index contributed by atoms with van der Waals surface area (Å²) in [6, 6.07) is 0. The summed E-state index contributed by atoms with van der Waals surface area (Å²) >= 11 is -2.79. The van der Waals surface area contributed by atoms with Gasteiger partial charge < -0.3 is 0 Å². The Morgan fingerprint density at radius 2 is 2.57 bits per heavy atom. The van der Waals surface area contributed by atoms with Gasteiger partial charge in [-0.25, -0.2) is 0 Å². The van der Waals surface area contributed by atoms with Crippen LogP contribution in [0.25, 0.3) is 0 Å². The fourth-order valence-electron chi connectivity index (χ4n) is 0.421. The Morgan fingerprint density at radius 1 is 1.86 bits per heavy atom. The number of rotatable bonds is 0. The average molecular weight is 182 g/mol. The molecule has 0 aromatic rings. The summed E-state index contributed by atoms with van der Waals surface area (Å²) < 4.78 is 14.3. The van der Waals surface area contributed by atoms with Gasteiger partial charge in [0.1, 0.15) is 0 Å². The predicted octanol–water partition coefficient (Wildman–Crippen LogP) is 1.03. The SMILES string of the molecule is O=[Se]1(=S)CCC=N1. The zero-order chi connectivity index (χ0) is 5.33. The van der Waals surface area contributed by atoms with Gasteiger partial charge in [0.2, 0.25) is 0 Å². The van der Waals surface area contributed by atoms with Crippen LogP contribution in [-0.4, -0.2) is 17.6 Å². The third kappa shape index (κ3) is 1.30. The molecule has 0 spiro atoms. The molecule has 1 heterocycles. The minimum atomic E-state index is -2.79. The van der Waals surface area contributed by atoms with Crippen molar-refractivity contribution in [2.45, 2.75) is 11.7 Å². The van der Waals surface area contributed by atoms with Gasteiger partial charge in [-0.3, -0.25) is 0 Å². The van der Waals surface area contributed by atoms with Crippen LogP contribution in [0.2, 0.25) is 5.32 Å². The Bertz CT molecular complexity index is 181. The molecule has 0 aromatic carbocycles. The second kappa shape index (κ2) is 1.62. The standard InChI is InChI=1S/C3H5NOSSe/c5-7(6)3-1-2-4-7/h2H,1,3H2. The molecule has 1 aliphatic rings. The maximum atomic E-state index is 10.7. The first kappa shape index (κ1) is 5.35. The van der Waals surface area contributed by atoms with Crippen molar-refractivity contribution in [1.82, 2.24) is 0 Å². The van der Waals surface area contributed by atoms with E-state index < -0.39 is 11.4 Å². The van der Waals surface area contributed by atoms with E-state index in [0.717, 1.165) is 6.42 Å². The van der Waals surface area contributed by atoms with E-state index in [0.29, 0.717) is 5.32 Å². The van der Waals surface area contributed by atoms with Crippen molar-refractivity contribution in [1.29, 1.82) is 0 Å². The summed E-state index contributed by atoms with van der Waals surface area (Å²) in [7, 11) is 4.61. The summed E-state index contributed by atoms with van der Waals surface area (Å²) in [6.07, 6.45) is 2.49. The van der Waals surface area contributed by atoms with Crippen LogP contribution in [0.5, 0.6) is 0 Å². The normalized spacial score (nSPS) is 39.4. The molecule has 0 aliphatic carbocycles. The molecular weight excluding hydrogens is 177 g/mol. The zero-order valence-electron chi connectivity index (χ0n) is 3.66. The van der Waals surface area contributed by atoms with Crippen LogP contribution in [-0.2, 0) is 3.83 Å². The summed E-state index contributed by atoms with van der Waals surface area (Å²) in [5, 5.41) is 0.645. The van der Waals surface area contributed by atoms with E-state index in [4.69, 9.17) is 0 Å². The maximum absolute atomic E-state index is 10.7. The second-order valence-electron chi connectivity index (χ2n) is 1.36. The molecule has 0 radical (unpaired) electrons. The molecule has 1 unspecified atom stereocenters. The van der Waals surface area contributed by atoms with Crippen molar-refractivity contribution in [2.75, 3.05) is 0 Å². The van der Waals surface area contributed by atoms with Crippen LogP contribution in [0, 0.1) is 0 Å². The van der Waals surface area contributed by atoms with Crippen LogP contribution in [0.1, 0.15) is 6.42 Å². The quantitative estimate of drug-likeness (QED) is 0.523. The Labute approximate surface area is 48.1 Å². The van der Waals surface area contributed by atoms with Gasteiger partial charge in [0.05, 0.1) is 0 Å². The fourth-order valence-corrected chi connectivity index (χ4v) is 3.00. The first-order valence-electron chi connectivity index (χ1n) is 1.97. The molecule has 0 fully saturated rings. The van der Waals surface area contributed by atoms with Crippen LogP contribution >= 0.6 is 10.6 Å². The summed E-state index contributed by atoms with van der Waals surface area (Å²) in [5.74, 6) is 0. The van der Waals surface area contributed by atoms with Gasteiger partial charge in [-0.2, -0.15) is 0 Å². The summed E-state index contributed by atoms with van der Waals surface area (Å²) in [4.78, 5) is 0. The van der Waals surface area contributed by atoms with E-state index in [1.165, 1.54) is 0 Å². The third-order valence-electron chi connectivity index (χ3n) is 0.740. The van der Waals surface area contributed by atoms with E-state index in [-0.39, 0.29) is 0 Å². The Hall–Kier alpha value is 0.209. The molecule has 7 heavy (non-hydrogen) atoms. The van der Waals surface area contributed by atoms with E-state index in [2.05, 4.69) is 14.6 Å². The van der Waals surface area contributed by atoms with Crippen molar-refractivity contribution in [3.8, 4) is 0 Å². The molecule has 1 atom stereocenters. The molecule has 0 saturated carbocycles. The fraction of sp³-hybridized carbons (Fsp3) is 0.667. The topological polar surface area (TPSA) is 29.4 Å². The van der Waals surface area contributed by atoms with Crippen molar-refractivity contribution in [3.05, 3.63) is 0 Å². The van der Waals surface area contributed by atoms with E-state index in [1.54, 1.807) is 6.21 Å². The van der Waals surface area contributed by atoms with Crippen LogP contribution in [0.3, 0.4) is 0 Å². The molecule has 0 amide bonds. The van der Waals surface area contributed by atoms with Gasteiger partial charge in [-0.15, -0.1) is 0 Å². The molecule has 4 heteroatoms. The van der Waals surface area contributed by atoms with Crippen LogP contribution in [0.4, 0.5) is 0 Å². The molecule has 0 saturated heterocycles. The molecule has 0 aromatic heterocycles. The minimum absolute atomic E-state index is 0.645. The predicted molar refractivity (Wildman–Crippen MR) is 31.9 cm³/mol. The van der Waals surface area contributed by atoms with E-state index in [9.17, 15) is 3.83 Å². The number of nitrogens with zero attached hydrogens (tertiary/aromatic N) is 1. The van der Waals surface area contributed by atoms with E-state index >= 15 is 0 Å². The Kier molecular flexibility index (Phi) is 1.24. The molecule has 40 valence electrons. The average Bonchev–Trinajstić information content (AvgIpc) is 1.84. The van der Waals surface area contributed by atoms with Gasteiger partial charge in [-0.05, 0) is 0 Å². The van der Waals surface area contributed by atoms with Crippen molar-refractivity contribution in [2.24, 2.45) is 4.01 Å². The molecule has 0 bridgehead atoms. The molecule has 1 aliphatic heterocycles. The second-order valence-corrected chi connectivity index (χ2v) is 7.81. The van der Waals surface area contributed by atoms with Gasteiger partial charge in [0, 0.05) is 0 Å². The summed E-state index contributed by atoms with van der Waals surface area (Å²) in [6.45, 7) is 0. The van der Waals surface area contributed by atoms with Crippen molar-refractivity contribution < 1.29 is 3.83 Å². The van der Waals surface area contributed by atoms with Crippen LogP contribution in [0.15, 0.2) is 4.01 Å². The zero-order valence-corrected chi connectivity index (χ0v) is 6.19. The first-order valence-corrected chi connectivity index (χ1v) is 7.08. The van der Waals surface area contributed by atoms with Gasteiger partial charge in [0.15, 0.2) is 0 Å². The monoisotopic (exact) mass is 183 g/mol. The Balaban J connectivity index is 2.99. The van der Waals surface area contributed by atoms with Gasteiger partial charge >= 0.3 is 47.7 Å². The van der Waals surface area contributed by atoms with E-state index in [1.807, 2.05) is 0 Å². The molecule has 1 rings (SSSR count). The number of hydrogen-bond donors (Lipinski definition) is 0. The number of hydrogen-bond acceptors (Lipinski definition) is 2. The first-order chi connectivity index (χ1) is 3.21. The van der Waals surface area contributed by atoms with Crippen LogP contribution < -0.4 is 0 Å². The van der Waals surface area contributed by atoms with Crippen molar-refractivity contribution in [3.63, 3.8) is 0 Å². The molecule has 0 N–H and O–H groups in total. The third-order valence-corrected chi connectivity index (χ3v) is 4.62. The Morgan fingerprint density at radius 3 is 2.71 bits per heavy atom. The van der Waals surface area contributed by atoms with Gasteiger partial charge in [0.25, 0.3) is 0 Å². The molecular formula is C3H5NOSSe. The van der Waals surface area contributed by atoms with Crippen molar-refractivity contribution >= 4 is 28.1 Å².